The molecule has 2 N–H and O–H groups in total. The average Bonchev–Trinajstić information content (AvgIpc) is 2.35. The molecule has 1 aromatic carbocycles. The monoisotopic (exact) mass is 272 g/mol. The molecule has 0 unspecified atom stereocenters. The highest BCUT2D eigenvalue weighted by Gasteiger charge is 2.25. The summed E-state index contributed by atoms with van der Waals surface area (Å²) in [6, 6.07) is 9.27. The molecule has 0 bridgehead atoms. The molecule has 0 aliphatic heterocycles. The second-order valence-electron chi connectivity index (χ2n) is 5.29. The first-order valence-corrected chi connectivity index (χ1v) is 6.27. The van der Waals surface area contributed by atoms with E-state index in [1.807, 2.05) is 30.3 Å². The minimum atomic E-state index is -0.957. The number of carbonyl (C=O) groups excluding carboxylic acids is 1. The van der Waals surface area contributed by atoms with E-state index in [-0.39, 0.29) is 12.3 Å². The number of fused-ring (bicyclic) bond motifs is 1. The Labute approximate surface area is 116 Å². The van der Waals surface area contributed by atoms with Crippen LogP contribution in [0, 0.1) is 0 Å². The lowest BCUT2D eigenvalue weighted by Gasteiger charge is -2.24. The fourth-order valence-corrected chi connectivity index (χ4v) is 2.09. The van der Waals surface area contributed by atoms with Crippen molar-refractivity contribution in [2.75, 3.05) is 0 Å². The van der Waals surface area contributed by atoms with Crippen LogP contribution in [-0.4, -0.2) is 27.5 Å². The minimum Gasteiger partial charge on any atom is -0.481 e. The summed E-state index contributed by atoms with van der Waals surface area (Å²) in [5.74, 6) is -1.32. The van der Waals surface area contributed by atoms with Crippen molar-refractivity contribution in [1.29, 1.82) is 0 Å². The lowest BCUT2D eigenvalue weighted by atomic mass is 10.00. The number of carboxylic acid groups (broad SMARTS) is 1. The van der Waals surface area contributed by atoms with E-state index in [0.717, 1.165) is 10.8 Å². The number of hydrogen-bond acceptors (Lipinski definition) is 3. The molecular formula is C15H16N2O3. The molecule has 0 atom stereocenters. The highest BCUT2D eigenvalue weighted by atomic mass is 16.4. The lowest BCUT2D eigenvalue weighted by molar-refractivity contribution is -0.138. The highest BCUT2D eigenvalue weighted by Crippen LogP contribution is 2.17. The van der Waals surface area contributed by atoms with Crippen LogP contribution in [0.2, 0.25) is 0 Å². The summed E-state index contributed by atoms with van der Waals surface area (Å²) in [4.78, 5) is 27.2. The Morgan fingerprint density at radius 1 is 1.25 bits per heavy atom. The van der Waals surface area contributed by atoms with Crippen molar-refractivity contribution in [2.45, 2.75) is 25.8 Å². The number of carboxylic acids is 1. The first kappa shape index (κ1) is 14.0. The van der Waals surface area contributed by atoms with Gasteiger partial charge in [0.15, 0.2) is 0 Å². The van der Waals surface area contributed by atoms with Crippen LogP contribution in [-0.2, 0) is 4.79 Å². The van der Waals surface area contributed by atoms with Crippen molar-refractivity contribution in [3.05, 3.63) is 42.2 Å². The number of nitrogens with zero attached hydrogens (tertiary/aromatic N) is 1. The van der Waals surface area contributed by atoms with Gasteiger partial charge < -0.3 is 10.4 Å². The number of amides is 1. The molecule has 1 amide bonds. The third-order valence-corrected chi connectivity index (χ3v) is 2.93. The van der Waals surface area contributed by atoms with Crippen molar-refractivity contribution in [1.82, 2.24) is 10.3 Å². The van der Waals surface area contributed by atoms with E-state index in [4.69, 9.17) is 5.11 Å². The molecular weight excluding hydrogens is 256 g/mol. The molecule has 1 heterocycles. The average molecular weight is 272 g/mol. The largest absolute Gasteiger partial charge is 0.481 e. The van der Waals surface area contributed by atoms with Gasteiger partial charge in [0.25, 0.3) is 5.91 Å². The number of nitrogens with one attached hydrogen (secondary N) is 1. The number of aromatic nitrogens is 1. The second-order valence-corrected chi connectivity index (χ2v) is 5.29. The van der Waals surface area contributed by atoms with Gasteiger partial charge in [-0.05, 0) is 25.3 Å². The summed E-state index contributed by atoms with van der Waals surface area (Å²) in [6.45, 7) is 3.34. The topological polar surface area (TPSA) is 79.3 Å². The summed E-state index contributed by atoms with van der Waals surface area (Å²) < 4.78 is 0. The van der Waals surface area contributed by atoms with Gasteiger partial charge in [-0.1, -0.05) is 24.3 Å². The quantitative estimate of drug-likeness (QED) is 0.894. The van der Waals surface area contributed by atoms with Crippen LogP contribution >= 0.6 is 0 Å². The summed E-state index contributed by atoms with van der Waals surface area (Å²) in [6.07, 6.45) is 1.42. The number of rotatable bonds is 4. The maximum atomic E-state index is 12.3. The maximum Gasteiger partial charge on any atom is 0.305 e. The van der Waals surface area contributed by atoms with Gasteiger partial charge in [0.05, 0.1) is 6.42 Å². The molecule has 0 aliphatic carbocycles. The van der Waals surface area contributed by atoms with Gasteiger partial charge in [-0.15, -0.1) is 0 Å². The van der Waals surface area contributed by atoms with E-state index in [2.05, 4.69) is 10.3 Å². The molecule has 0 saturated heterocycles. The van der Waals surface area contributed by atoms with E-state index in [1.54, 1.807) is 20.0 Å². The molecule has 0 fully saturated rings. The molecule has 2 rings (SSSR count). The Bertz CT molecular complexity index is 660. The zero-order valence-electron chi connectivity index (χ0n) is 11.4. The molecule has 104 valence electrons. The van der Waals surface area contributed by atoms with Gasteiger partial charge >= 0.3 is 5.97 Å². The molecule has 5 nitrogen and oxygen atoms in total. The highest BCUT2D eigenvalue weighted by molar-refractivity contribution is 6.05. The van der Waals surface area contributed by atoms with Crippen molar-refractivity contribution in [3.8, 4) is 0 Å². The number of pyridine rings is 1. The second kappa shape index (κ2) is 5.28. The van der Waals surface area contributed by atoms with Crippen molar-refractivity contribution >= 4 is 22.6 Å². The molecule has 1 aromatic heterocycles. The van der Waals surface area contributed by atoms with E-state index in [1.165, 1.54) is 0 Å². The van der Waals surface area contributed by atoms with Gasteiger partial charge in [0.1, 0.15) is 5.69 Å². The molecule has 0 aliphatic rings. The fraction of sp³-hybridized carbons (Fsp3) is 0.267. The van der Waals surface area contributed by atoms with Crippen molar-refractivity contribution in [3.63, 3.8) is 0 Å². The Kier molecular flexibility index (Phi) is 3.70. The summed E-state index contributed by atoms with van der Waals surface area (Å²) in [5.41, 5.74) is -0.525. The van der Waals surface area contributed by atoms with Crippen molar-refractivity contribution < 1.29 is 14.7 Å². The standard InChI is InChI=1S/C15H16N2O3/c1-15(2,9-12(18)19)17-14(20)13-11-6-4-3-5-10(11)7-8-16-13/h3-8H,9H2,1-2H3,(H,17,20)(H,18,19). The Morgan fingerprint density at radius 2 is 1.95 bits per heavy atom. The Morgan fingerprint density at radius 3 is 2.65 bits per heavy atom. The van der Waals surface area contributed by atoms with Crippen LogP contribution in [0.15, 0.2) is 36.5 Å². The van der Waals surface area contributed by atoms with Gasteiger partial charge in [0, 0.05) is 17.1 Å². The van der Waals surface area contributed by atoms with Crippen molar-refractivity contribution in [2.24, 2.45) is 0 Å². The number of benzene rings is 1. The van der Waals surface area contributed by atoms with E-state index in [0.29, 0.717) is 5.69 Å². The first-order valence-electron chi connectivity index (χ1n) is 6.27. The van der Waals surface area contributed by atoms with E-state index >= 15 is 0 Å². The molecule has 0 radical (unpaired) electrons. The van der Waals surface area contributed by atoms with Crippen LogP contribution in [0.5, 0.6) is 0 Å². The molecule has 20 heavy (non-hydrogen) atoms. The van der Waals surface area contributed by atoms with Crippen LogP contribution in [0.1, 0.15) is 30.8 Å². The summed E-state index contributed by atoms with van der Waals surface area (Å²) in [7, 11) is 0. The Balaban J connectivity index is 2.30. The maximum absolute atomic E-state index is 12.3. The predicted octanol–water partition coefficient (Wildman–Crippen LogP) is 2.22. The number of aliphatic carboxylic acids is 1. The SMILES string of the molecule is CC(C)(CC(=O)O)NC(=O)c1nccc2ccccc12. The molecule has 0 saturated carbocycles. The number of carbonyl (C=O) groups is 2. The normalized spacial score (nSPS) is 11.3. The van der Waals surface area contributed by atoms with Gasteiger partial charge in [-0.25, -0.2) is 0 Å². The number of hydrogen-bond donors (Lipinski definition) is 2. The zero-order valence-corrected chi connectivity index (χ0v) is 11.4. The van der Waals surface area contributed by atoms with Crippen LogP contribution in [0.4, 0.5) is 0 Å². The zero-order chi connectivity index (χ0) is 14.8. The van der Waals surface area contributed by atoms with Crippen LogP contribution in [0.25, 0.3) is 10.8 Å². The van der Waals surface area contributed by atoms with Crippen LogP contribution in [0.3, 0.4) is 0 Å². The third kappa shape index (κ3) is 3.12. The summed E-state index contributed by atoms with van der Waals surface area (Å²) in [5, 5.41) is 13.2. The van der Waals surface area contributed by atoms with Crippen LogP contribution < -0.4 is 5.32 Å². The molecule has 5 heteroatoms. The lowest BCUT2D eigenvalue weighted by Crippen LogP contribution is -2.45. The fourth-order valence-electron chi connectivity index (χ4n) is 2.09. The van der Waals surface area contributed by atoms with Gasteiger partial charge in [0.2, 0.25) is 0 Å². The van der Waals surface area contributed by atoms with E-state index in [9.17, 15) is 9.59 Å². The molecule has 2 aromatic rings. The molecule has 0 spiro atoms. The van der Waals surface area contributed by atoms with Gasteiger partial charge in [-0.3, -0.25) is 14.6 Å². The third-order valence-electron chi connectivity index (χ3n) is 2.93. The predicted molar refractivity (Wildman–Crippen MR) is 75.5 cm³/mol. The summed E-state index contributed by atoms with van der Waals surface area (Å²) >= 11 is 0. The Hall–Kier alpha value is -2.43. The minimum absolute atomic E-state index is 0.149. The first-order chi connectivity index (χ1) is 9.39. The van der Waals surface area contributed by atoms with Gasteiger partial charge in [-0.2, -0.15) is 0 Å². The smallest absolute Gasteiger partial charge is 0.305 e. The van der Waals surface area contributed by atoms with E-state index < -0.39 is 11.5 Å².